The van der Waals surface area contributed by atoms with Crippen LogP contribution in [0, 0.1) is 0 Å². The highest BCUT2D eigenvalue weighted by atomic mass is 35.5. The SMILES string of the molecule is OC1(CNc2cc(Cl)nnc2Cl)CCOC1. The fraction of sp³-hybridized carbons (Fsp3) is 0.556. The van der Waals surface area contributed by atoms with Crippen molar-refractivity contribution in [1.29, 1.82) is 0 Å². The van der Waals surface area contributed by atoms with Crippen molar-refractivity contribution < 1.29 is 9.84 Å². The fourth-order valence-corrected chi connectivity index (χ4v) is 1.78. The molecule has 1 aliphatic rings. The molecule has 2 rings (SSSR count). The maximum absolute atomic E-state index is 10.0. The predicted molar refractivity (Wildman–Crippen MR) is 60.9 cm³/mol. The van der Waals surface area contributed by atoms with Gasteiger partial charge in [-0.3, -0.25) is 0 Å². The second-order valence-electron chi connectivity index (χ2n) is 3.75. The molecule has 2 N–H and O–H groups in total. The smallest absolute Gasteiger partial charge is 0.174 e. The predicted octanol–water partition coefficient (Wildman–Crippen LogP) is 1.35. The Labute approximate surface area is 103 Å². The number of hydrogen-bond acceptors (Lipinski definition) is 5. The van der Waals surface area contributed by atoms with Crippen molar-refractivity contribution in [3.8, 4) is 0 Å². The van der Waals surface area contributed by atoms with Crippen molar-refractivity contribution >= 4 is 28.9 Å². The Hall–Kier alpha value is -0.620. The summed E-state index contributed by atoms with van der Waals surface area (Å²) in [7, 11) is 0. The first-order valence-corrected chi connectivity index (χ1v) is 5.57. The maximum atomic E-state index is 10.0. The maximum Gasteiger partial charge on any atom is 0.174 e. The largest absolute Gasteiger partial charge is 0.386 e. The van der Waals surface area contributed by atoms with E-state index in [1.807, 2.05) is 0 Å². The van der Waals surface area contributed by atoms with Crippen LogP contribution in [0.15, 0.2) is 6.07 Å². The minimum absolute atomic E-state index is 0.229. The van der Waals surface area contributed by atoms with Crippen LogP contribution in [0.25, 0.3) is 0 Å². The van der Waals surface area contributed by atoms with Crippen LogP contribution in [-0.4, -0.2) is 40.7 Å². The number of ether oxygens (including phenoxy) is 1. The molecule has 0 amide bonds. The Morgan fingerprint density at radius 1 is 1.50 bits per heavy atom. The van der Waals surface area contributed by atoms with Crippen molar-refractivity contribution in [1.82, 2.24) is 10.2 Å². The van der Waals surface area contributed by atoms with Gasteiger partial charge in [-0.2, -0.15) is 0 Å². The zero-order valence-corrected chi connectivity index (χ0v) is 9.92. The van der Waals surface area contributed by atoms with Crippen LogP contribution in [0.5, 0.6) is 0 Å². The molecule has 1 saturated heterocycles. The highest BCUT2D eigenvalue weighted by Crippen LogP contribution is 2.23. The lowest BCUT2D eigenvalue weighted by atomic mass is 10.0. The highest BCUT2D eigenvalue weighted by Gasteiger charge is 2.32. The molecule has 1 aliphatic heterocycles. The summed E-state index contributed by atoms with van der Waals surface area (Å²) in [5, 5.41) is 20.7. The number of rotatable bonds is 3. The van der Waals surface area contributed by atoms with E-state index in [0.29, 0.717) is 31.9 Å². The molecule has 2 heterocycles. The first-order valence-electron chi connectivity index (χ1n) is 4.82. The summed E-state index contributed by atoms with van der Waals surface area (Å²) in [6.07, 6.45) is 0.601. The van der Waals surface area contributed by atoms with Crippen LogP contribution in [0.1, 0.15) is 6.42 Å². The van der Waals surface area contributed by atoms with Gasteiger partial charge < -0.3 is 15.2 Å². The lowest BCUT2D eigenvalue weighted by Crippen LogP contribution is -2.37. The van der Waals surface area contributed by atoms with Crippen LogP contribution in [0.4, 0.5) is 5.69 Å². The molecule has 5 nitrogen and oxygen atoms in total. The molecular formula is C9H11Cl2N3O2. The van der Waals surface area contributed by atoms with Gasteiger partial charge in [0.1, 0.15) is 5.60 Å². The molecule has 1 atom stereocenters. The lowest BCUT2D eigenvalue weighted by Gasteiger charge is -2.21. The molecule has 0 saturated carbocycles. The average molecular weight is 264 g/mol. The third-order valence-electron chi connectivity index (χ3n) is 2.41. The van der Waals surface area contributed by atoms with Crippen molar-refractivity contribution in [3.63, 3.8) is 0 Å². The van der Waals surface area contributed by atoms with E-state index in [9.17, 15) is 5.11 Å². The Morgan fingerprint density at radius 3 is 3.00 bits per heavy atom. The van der Waals surface area contributed by atoms with Crippen LogP contribution in [0.3, 0.4) is 0 Å². The van der Waals surface area contributed by atoms with E-state index < -0.39 is 5.60 Å². The summed E-state index contributed by atoms with van der Waals surface area (Å²) < 4.78 is 5.13. The molecule has 16 heavy (non-hydrogen) atoms. The Bertz CT molecular complexity index is 383. The number of anilines is 1. The molecule has 1 unspecified atom stereocenters. The Balaban J connectivity index is 2.01. The minimum Gasteiger partial charge on any atom is -0.386 e. The van der Waals surface area contributed by atoms with Gasteiger partial charge >= 0.3 is 0 Å². The number of nitrogens with zero attached hydrogens (tertiary/aromatic N) is 2. The monoisotopic (exact) mass is 263 g/mol. The molecule has 0 spiro atoms. The van der Waals surface area contributed by atoms with E-state index in [2.05, 4.69) is 15.5 Å². The molecule has 1 aromatic heterocycles. The van der Waals surface area contributed by atoms with E-state index in [0.717, 1.165) is 0 Å². The first-order chi connectivity index (χ1) is 7.59. The quantitative estimate of drug-likeness (QED) is 0.862. The van der Waals surface area contributed by atoms with E-state index in [4.69, 9.17) is 27.9 Å². The molecule has 0 aliphatic carbocycles. The van der Waals surface area contributed by atoms with Crippen molar-refractivity contribution in [2.75, 3.05) is 25.1 Å². The Kier molecular flexibility index (Phi) is 3.49. The summed E-state index contributed by atoms with van der Waals surface area (Å²) >= 11 is 11.5. The van der Waals surface area contributed by atoms with Gasteiger partial charge in [0.25, 0.3) is 0 Å². The van der Waals surface area contributed by atoms with E-state index in [-0.39, 0.29) is 10.3 Å². The van der Waals surface area contributed by atoms with Gasteiger partial charge in [-0.15, -0.1) is 10.2 Å². The molecule has 88 valence electrons. The van der Waals surface area contributed by atoms with Gasteiger partial charge in [0.2, 0.25) is 0 Å². The fourth-order valence-electron chi connectivity index (χ4n) is 1.47. The van der Waals surface area contributed by atoms with Crippen LogP contribution in [0.2, 0.25) is 10.3 Å². The standard InChI is InChI=1S/C9H11Cl2N3O2/c10-7-3-6(8(11)14-13-7)12-4-9(15)1-2-16-5-9/h3,15H,1-2,4-5H2,(H,12,13). The number of aromatic nitrogens is 2. The van der Waals surface area contributed by atoms with Crippen LogP contribution >= 0.6 is 23.2 Å². The molecule has 1 fully saturated rings. The normalized spacial score (nSPS) is 24.7. The molecular weight excluding hydrogens is 253 g/mol. The zero-order valence-electron chi connectivity index (χ0n) is 8.41. The molecule has 7 heteroatoms. The van der Waals surface area contributed by atoms with Gasteiger partial charge in [0.15, 0.2) is 10.3 Å². The van der Waals surface area contributed by atoms with Gasteiger partial charge in [0.05, 0.1) is 12.3 Å². The van der Waals surface area contributed by atoms with E-state index in [1.165, 1.54) is 0 Å². The third kappa shape index (κ3) is 2.74. The van der Waals surface area contributed by atoms with E-state index in [1.54, 1.807) is 6.07 Å². The van der Waals surface area contributed by atoms with Crippen LogP contribution < -0.4 is 5.32 Å². The van der Waals surface area contributed by atoms with E-state index >= 15 is 0 Å². The first kappa shape index (κ1) is 11.9. The summed E-state index contributed by atoms with van der Waals surface area (Å²) in [4.78, 5) is 0. The number of halogens is 2. The summed E-state index contributed by atoms with van der Waals surface area (Å²) in [5.41, 5.74) is -0.291. The van der Waals surface area contributed by atoms with Crippen molar-refractivity contribution in [2.45, 2.75) is 12.0 Å². The van der Waals surface area contributed by atoms with Gasteiger partial charge in [-0.25, -0.2) is 0 Å². The third-order valence-corrected chi connectivity index (χ3v) is 2.87. The molecule has 0 aromatic carbocycles. The number of hydrogen-bond donors (Lipinski definition) is 2. The van der Waals surface area contributed by atoms with Gasteiger partial charge in [0, 0.05) is 25.6 Å². The topological polar surface area (TPSA) is 67.3 Å². The highest BCUT2D eigenvalue weighted by molar-refractivity contribution is 6.33. The second kappa shape index (κ2) is 4.71. The number of nitrogens with one attached hydrogen (secondary N) is 1. The molecule has 0 bridgehead atoms. The number of aliphatic hydroxyl groups is 1. The van der Waals surface area contributed by atoms with Gasteiger partial charge in [-0.05, 0) is 0 Å². The van der Waals surface area contributed by atoms with Crippen molar-refractivity contribution in [2.24, 2.45) is 0 Å². The van der Waals surface area contributed by atoms with Crippen molar-refractivity contribution in [3.05, 3.63) is 16.4 Å². The summed E-state index contributed by atoms with van der Waals surface area (Å²) in [5.74, 6) is 0. The summed E-state index contributed by atoms with van der Waals surface area (Å²) in [6.45, 7) is 1.24. The molecule has 1 aromatic rings. The second-order valence-corrected chi connectivity index (χ2v) is 4.50. The minimum atomic E-state index is -0.848. The molecule has 0 radical (unpaired) electrons. The zero-order chi connectivity index (χ0) is 11.6. The Morgan fingerprint density at radius 2 is 2.31 bits per heavy atom. The average Bonchev–Trinajstić information content (AvgIpc) is 2.67. The van der Waals surface area contributed by atoms with Crippen LogP contribution in [-0.2, 0) is 4.74 Å². The summed E-state index contributed by atoms with van der Waals surface area (Å²) in [6, 6.07) is 1.57. The lowest BCUT2D eigenvalue weighted by molar-refractivity contribution is 0.0382. The van der Waals surface area contributed by atoms with Gasteiger partial charge in [-0.1, -0.05) is 23.2 Å².